The summed E-state index contributed by atoms with van der Waals surface area (Å²) < 4.78 is 10.9. The number of nitrogens with zero attached hydrogens (tertiary/aromatic N) is 1. The molecule has 0 aliphatic rings. The van der Waals surface area contributed by atoms with Crippen LogP contribution < -0.4 is 14.8 Å². The monoisotopic (exact) mass is 272 g/mol. The highest BCUT2D eigenvalue weighted by molar-refractivity contribution is 5.29. The van der Waals surface area contributed by atoms with Gasteiger partial charge in [-0.25, -0.2) is 4.98 Å². The summed E-state index contributed by atoms with van der Waals surface area (Å²) >= 11 is 0. The Kier molecular flexibility index (Phi) is 4.96. The second-order valence-electron chi connectivity index (χ2n) is 4.56. The molecule has 4 nitrogen and oxygen atoms in total. The van der Waals surface area contributed by atoms with Gasteiger partial charge in [0.15, 0.2) is 0 Å². The summed E-state index contributed by atoms with van der Waals surface area (Å²) in [4.78, 5) is 4.46. The number of hydrogen-bond acceptors (Lipinski definition) is 4. The molecule has 0 unspecified atom stereocenters. The SMILES string of the molecule is CNCc1ccc(OCc2cccc(OC)c2)nc1C. The lowest BCUT2D eigenvalue weighted by Crippen LogP contribution is -2.08. The van der Waals surface area contributed by atoms with E-state index in [-0.39, 0.29) is 0 Å². The third kappa shape index (κ3) is 3.71. The van der Waals surface area contributed by atoms with Crippen molar-refractivity contribution in [1.29, 1.82) is 0 Å². The fourth-order valence-electron chi connectivity index (χ4n) is 1.94. The number of pyridine rings is 1. The van der Waals surface area contributed by atoms with E-state index in [2.05, 4.69) is 10.3 Å². The number of aryl methyl sites for hydroxylation is 1. The summed E-state index contributed by atoms with van der Waals surface area (Å²) in [5.41, 5.74) is 3.23. The second-order valence-corrected chi connectivity index (χ2v) is 4.56. The van der Waals surface area contributed by atoms with E-state index < -0.39 is 0 Å². The summed E-state index contributed by atoms with van der Waals surface area (Å²) in [7, 11) is 3.58. The van der Waals surface area contributed by atoms with Crippen molar-refractivity contribution in [2.45, 2.75) is 20.1 Å². The third-order valence-electron chi connectivity index (χ3n) is 3.06. The van der Waals surface area contributed by atoms with Gasteiger partial charge in [0, 0.05) is 18.3 Å². The maximum absolute atomic E-state index is 5.72. The molecule has 4 heteroatoms. The molecule has 0 amide bonds. The lowest BCUT2D eigenvalue weighted by Gasteiger charge is -2.09. The largest absolute Gasteiger partial charge is 0.497 e. The molecule has 1 aromatic carbocycles. The first-order chi connectivity index (χ1) is 9.72. The van der Waals surface area contributed by atoms with Gasteiger partial charge in [0.2, 0.25) is 5.88 Å². The minimum Gasteiger partial charge on any atom is -0.497 e. The lowest BCUT2D eigenvalue weighted by atomic mass is 10.2. The van der Waals surface area contributed by atoms with Crippen molar-refractivity contribution in [3.63, 3.8) is 0 Å². The maximum atomic E-state index is 5.72. The zero-order valence-corrected chi connectivity index (χ0v) is 12.1. The molecule has 0 fully saturated rings. The molecule has 0 spiro atoms. The number of ether oxygens (including phenoxy) is 2. The van der Waals surface area contributed by atoms with Gasteiger partial charge in [-0.15, -0.1) is 0 Å². The predicted molar refractivity (Wildman–Crippen MR) is 79.1 cm³/mol. The van der Waals surface area contributed by atoms with Crippen molar-refractivity contribution in [1.82, 2.24) is 10.3 Å². The number of aromatic nitrogens is 1. The minimum atomic E-state index is 0.481. The van der Waals surface area contributed by atoms with Gasteiger partial charge in [0.05, 0.1) is 7.11 Å². The molecule has 0 bridgehead atoms. The van der Waals surface area contributed by atoms with Crippen molar-refractivity contribution in [3.8, 4) is 11.6 Å². The average molecular weight is 272 g/mol. The fourth-order valence-corrected chi connectivity index (χ4v) is 1.94. The highest BCUT2D eigenvalue weighted by Gasteiger charge is 2.03. The van der Waals surface area contributed by atoms with E-state index in [1.807, 2.05) is 50.4 Å². The number of hydrogen-bond donors (Lipinski definition) is 1. The topological polar surface area (TPSA) is 43.4 Å². The Balaban J connectivity index is 2.01. The smallest absolute Gasteiger partial charge is 0.213 e. The highest BCUT2D eigenvalue weighted by Crippen LogP contribution is 2.16. The molecule has 0 saturated heterocycles. The Morgan fingerprint density at radius 1 is 1.20 bits per heavy atom. The molecule has 0 atom stereocenters. The van der Waals surface area contributed by atoms with Crippen LogP contribution in [-0.4, -0.2) is 19.1 Å². The van der Waals surface area contributed by atoms with Crippen molar-refractivity contribution < 1.29 is 9.47 Å². The first-order valence-electron chi connectivity index (χ1n) is 6.60. The summed E-state index contributed by atoms with van der Waals surface area (Å²) in [5, 5.41) is 3.12. The van der Waals surface area contributed by atoms with E-state index in [9.17, 15) is 0 Å². The molecule has 0 saturated carbocycles. The highest BCUT2D eigenvalue weighted by atomic mass is 16.5. The molecular weight excluding hydrogens is 252 g/mol. The van der Waals surface area contributed by atoms with E-state index >= 15 is 0 Å². The fraction of sp³-hybridized carbons (Fsp3) is 0.312. The molecule has 2 rings (SSSR count). The number of methoxy groups -OCH3 is 1. The number of rotatable bonds is 6. The molecule has 0 radical (unpaired) electrons. The van der Waals surface area contributed by atoms with E-state index in [1.54, 1.807) is 7.11 Å². The number of nitrogens with one attached hydrogen (secondary N) is 1. The first kappa shape index (κ1) is 14.3. The lowest BCUT2D eigenvalue weighted by molar-refractivity contribution is 0.292. The van der Waals surface area contributed by atoms with E-state index in [1.165, 1.54) is 5.56 Å². The normalized spacial score (nSPS) is 10.3. The zero-order chi connectivity index (χ0) is 14.4. The van der Waals surface area contributed by atoms with Crippen LogP contribution in [0.3, 0.4) is 0 Å². The average Bonchev–Trinajstić information content (AvgIpc) is 2.48. The molecular formula is C16H20N2O2. The second kappa shape index (κ2) is 6.91. The Morgan fingerprint density at radius 3 is 2.75 bits per heavy atom. The van der Waals surface area contributed by atoms with E-state index in [4.69, 9.17) is 9.47 Å². The molecule has 1 aromatic heterocycles. The number of benzene rings is 1. The minimum absolute atomic E-state index is 0.481. The van der Waals surface area contributed by atoms with Crippen molar-refractivity contribution in [2.24, 2.45) is 0 Å². The van der Waals surface area contributed by atoms with Crippen LogP contribution in [0.5, 0.6) is 11.6 Å². The van der Waals surface area contributed by atoms with Crippen LogP contribution in [0.2, 0.25) is 0 Å². The van der Waals surface area contributed by atoms with Crippen LogP contribution in [0.1, 0.15) is 16.8 Å². The van der Waals surface area contributed by atoms with Gasteiger partial charge in [-0.05, 0) is 37.2 Å². The Bertz CT molecular complexity index is 570. The molecule has 0 aliphatic heterocycles. The molecule has 1 N–H and O–H groups in total. The van der Waals surface area contributed by atoms with E-state index in [0.29, 0.717) is 12.5 Å². The van der Waals surface area contributed by atoms with E-state index in [0.717, 1.165) is 23.6 Å². The predicted octanol–water partition coefficient (Wildman–Crippen LogP) is 2.70. The van der Waals surface area contributed by atoms with Gasteiger partial charge < -0.3 is 14.8 Å². The first-order valence-corrected chi connectivity index (χ1v) is 6.60. The summed E-state index contributed by atoms with van der Waals surface area (Å²) in [6, 6.07) is 11.8. The molecule has 20 heavy (non-hydrogen) atoms. The van der Waals surface area contributed by atoms with Crippen LogP contribution in [0.15, 0.2) is 36.4 Å². The Labute approximate surface area is 119 Å². The van der Waals surface area contributed by atoms with Crippen molar-refractivity contribution in [2.75, 3.05) is 14.2 Å². The molecule has 106 valence electrons. The third-order valence-corrected chi connectivity index (χ3v) is 3.06. The van der Waals surface area contributed by atoms with Crippen molar-refractivity contribution >= 4 is 0 Å². The maximum Gasteiger partial charge on any atom is 0.213 e. The van der Waals surface area contributed by atoms with Crippen LogP contribution in [0.4, 0.5) is 0 Å². The van der Waals surface area contributed by atoms with Crippen LogP contribution in [-0.2, 0) is 13.2 Å². The summed E-state index contributed by atoms with van der Waals surface area (Å²) in [6.45, 7) is 3.29. The van der Waals surface area contributed by atoms with Gasteiger partial charge in [-0.2, -0.15) is 0 Å². The molecule has 0 aliphatic carbocycles. The summed E-state index contributed by atoms with van der Waals surface area (Å²) in [6.07, 6.45) is 0. The van der Waals surface area contributed by atoms with Gasteiger partial charge in [-0.3, -0.25) is 0 Å². The summed E-state index contributed by atoms with van der Waals surface area (Å²) in [5.74, 6) is 1.48. The van der Waals surface area contributed by atoms with Crippen LogP contribution in [0, 0.1) is 6.92 Å². The van der Waals surface area contributed by atoms with Gasteiger partial charge in [-0.1, -0.05) is 18.2 Å². The van der Waals surface area contributed by atoms with Crippen LogP contribution in [0.25, 0.3) is 0 Å². The Morgan fingerprint density at radius 2 is 2.05 bits per heavy atom. The molecule has 1 heterocycles. The molecule has 2 aromatic rings. The zero-order valence-electron chi connectivity index (χ0n) is 12.1. The van der Waals surface area contributed by atoms with Gasteiger partial charge >= 0.3 is 0 Å². The standard InChI is InChI=1S/C16H20N2O2/c1-12-14(10-17-2)7-8-16(18-12)20-11-13-5-4-6-15(9-13)19-3/h4-9,17H,10-11H2,1-3H3. The van der Waals surface area contributed by atoms with Crippen LogP contribution >= 0.6 is 0 Å². The van der Waals surface area contributed by atoms with Gasteiger partial charge in [0.1, 0.15) is 12.4 Å². The quantitative estimate of drug-likeness (QED) is 0.878. The van der Waals surface area contributed by atoms with Gasteiger partial charge in [0.25, 0.3) is 0 Å². The Hall–Kier alpha value is -2.07. The van der Waals surface area contributed by atoms with Crippen molar-refractivity contribution in [3.05, 3.63) is 53.2 Å².